The van der Waals surface area contributed by atoms with Crippen LogP contribution >= 0.6 is 0 Å². The molecule has 26 heavy (non-hydrogen) atoms. The van der Waals surface area contributed by atoms with Gasteiger partial charge in [0.05, 0.1) is 4.90 Å². The van der Waals surface area contributed by atoms with Crippen LogP contribution in [0.2, 0.25) is 0 Å². The number of anilines is 1. The second kappa shape index (κ2) is 7.47. The van der Waals surface area contributed by atoms with E-state index in [-0.39, 0.29) is 22.8 Å². The van der Waals surface area contributed by atoms with Gasteiger partial charge in [-0.25, -0.2) is 8.42 Å². The number of nitrogens with one attached hydrogen (secondary N) is 1. The van der Waals surface area contributed by atoms with E-state index in [9.17, 15) is 13.2 Å². The molecule has 7 heteroatoms. The van der Waals surface area contributed by atoms with Crippen LogP contribution in [0.3, 0.4) is 0 Å². The quantitative estimate of drug-likeness (QED) is 0.838. The van der Waals surface area contributed by atoms with Crippen molar-refractivity contribution in [1.82, 2.24) is 0 Å². The van der Waals surface area contributed by atoms with Crippen molar-refractivity contribution in [3.05, 3.63) is 48.5 Å². The third-order valence-corrected chi connectivity index (χ3v) is 5.58. The molecular weight excluding hydrogens is 352 g/mol. The van der Waals surface area contributed by atoms with Crippen molar-refractivity contribution in [2.45, 2.75) is 30.2 Å². The Labute approximate surface area is 153 Å². The molecule has 2 aromatic rings. The molecule has 1 amide bonds. The molecule has 1 aliphatic rings. The van der Waals surface area contributed by atoms with Gasteiger partial charge in [-0.1, -0.05) is 0 Å². The second-order valence-corrected chi connectivity index (χ2v) is 8.65. The van der Waals surface area contributed by atoms with Crippen LogP contribution in [0.1, 0.15) is 19.3 Å². The van der Waals surface area contributed by atoms with Crippen molar-refractivity contribution < 1.29 is 17.9 Å². The van der Waals surface area contributed by atoms with E-state index in [1.165, 1.54) is 12.1 Å². The standard InChI is InChI=1S/C19H22N2O4S/c1-26(23,24)18-10-8-17(9-11-18)25-16-6-4-15(5-7-16)21-19(22)13-2-3-14(20)12-13/h4-11,13-14H,2-3,12,20H2,1H3,(H,21,22). The molecule has 0 heterocycles. The zero-order valence-corrected chi connectivity index (χ0v) is 15.3. The fourth-order valence-electron chi connectivity index (χ4n) is 3.00. The summed E-state index contributed by atoms with van der Waals surface area (Å²) in [4.78, 5) is 12.4. The zero-order valence-electron chi connectivity index (χ0n) is 14.5. The van der Waals surface area contributed by atoms with E-state index in [1.54, 1.807) is 36.4 Å². The van der Waals surface area contributed by atoms with Gasteiger partial charge in [-0.15, -0.1) is 0 Å². The first-order chi connectivity index (χ1) is 12.3. The van der Waals surface area contributed by atoms with Gasteiger partial charge in [-0.05, 0) is 67.8 Å². The SMILES string of the molecule is CS(=O)(=O)c1ccc(Oc2ccc(NC(=O)C3CCC(N)C3)cc2)cc1. The van der Waals surface area contributed by atoms with Gasteiger partial charge in [0.1, 0.15) is 11.5 Å². The number of benzene rings is 2. The Kier molecular flexibility index (Phi) is 5.29. The van der Waals surface area contributed by atoms with Crippen LogP contribution in [0.15, 0.2) is 53.4 Å². The molecule has 0 bridgehead atoms. The molecule has 3 N–H and O–H groups in total. The van der Waals surface area contributed by atoms with Crippen LogP contribution in [0.25, 0.3) is 0 Å². The van der Waals surface area contributed by atoms with Gasteiger partial charge < -0.3 is 15.8 Å². The van der Waals surface area contributed by atoms with Crippen LogP contribution in [0.5, 0.6) is 11.5 Å². The van der Waals surface area contributed by atoms with Gasteiger partial charge in [-0.2, -0.15) is 0 Å². The Morgan fingerprint density at radius 1 is 1.04 bits per heavy atom. The molecule has 0 radical (unpaired) electrons. The van der Waals surface area contributed by atoms with Crippen molar-refractivity contribution in [3.63, 3.8) is 0 Å². The molecule has 6 nitrogen and oxygen atoms in total. The lowest BCUT2D eigenvalue weighted by Crippen LogP contribution is -2.23. The second-order valence-electron chi connectivity index (χ2n) is 6.63. The van der Waals surface area contributed by atoms with Crippen LogP contribution in [0.4, 0.5) is 5.69 Å². The predicted octanol–water partition coefficient (Wildman–Crippen LogP) is 2.95. The first-order valence-corrected chi connectivity index (χ1v) is 10.3. The van der Waals surface area contributed by atoms with E-state index >= 15 is 0 Å². The van der Waals surface area contributed by atoms with Crippen LogP contribution < -0.4 is 15.8 Å². The Morgan fingerprint density at radius 2 is 1.62 bits per heavy atom. The maximum Gasteiger partial charge on any atom is 0.227 e. The highest BCUT2D eigenvalue weighted by atomic mass is 32.2. The average molecular weight is 374 g/mol. The van der Waals surface area contributed by atoms with Crippen LogP contribution in [0, 0.1) is 5.92 Å². The van der Waals surface area contributed by atoms with Gasteiger partial charge in [0.15, 0.2) is 9.84 Å². The van der Waals surface area contributed by atoms with Gasteiger partial charge in [-0.3, -0.25) is 4.79 Å². The van der Waals surface area contributed by atoms with Gasteiger partial charge >= 0.3 is 0 Å². The summed E-state index contributed by atoms with van der Waals surface area (Å²) in [5, 5.41) is 2.90. The Balaban J connectivity index is 1.60. The van der Waals surface area contributed by atoms with Gasteiger partial charge in [0.2, 0.25) is 5.91 Å². The number of hydrogen-bond donors (Lipinski definition) is 2. The molecule has 0 saturated heterocycles. The zero-order chi connectivity index (χ0) is 18.7. The number of ether oxygens (including phenoxy) is 1. The minimum Gasteiger partial charge on any atom is -0.457 e. The van der Waals surface area contributed by atoms with Crippen molar-refractivity contribution >= 4 is 21.4 Å². The van der Waals surface area contributed by atoms with E-state index in [0.717, 1.165) is 25.5 Å². The van der Waals surface area contributed by atoms with Crippen molar-refractivity contribution in [3.8, 4) is 11.5 Å². The number of nitrogens with two attached hydrogens (primary N) is 1. The van der Waals surface area contributed by atoms with Crippen LogP contribution in [-0.4, -0.2) is 26.6 Å². The molecule has 2 unspecified atom stereocenters. The number of carbonyl (C=O) groups excluding carboxylic acids is 1. The number of amides is 1. The highest BCUT2D eigenvalue weighted by molar-refractivity contribution is 7.90. The summed E-state index contributed by atoms with van der Waals surface area (Å²) in [5.41, 5.74) is 6.56. The summed E-state index contributed by atoms with van der Waals surface area (Å²) in [5.74, 6) is 1.12. The first kappa shape index (κ1) is 18.4. The minimum absolute atomic E-state index is 0.00276. The molecule has 2 atom stereocenters. The molecule has 2 aromatic carbocycles. The van der Waals surface area contributed by atoms with E-state index < -0.39 is 9.84 Å². The van der Waals surface area contributed by atoms with Crippen molar-refractivity contribution in [2.24, 2.45) is 11.7 Å². The van der Waals surface area contributed by atoms with E-state index in [2.05, 4.69) is 5.32 Å². The number of hydrogen-bond acceptors (Lipinski definition) is 5. The maximum absolute atomic E-state index is 12.2. The Hall–Kier alpha value is -2.38. The minimum atomic E-state index is -3.22. The summed E-state index contributed by atoms with van der Waals surface area (Å²) in [7, 11) is -3.22. The lowest BCUT2D eigenvalue weighted by Gasteiger charge is -2.11. The maximum atomic E-state index is 12.2. The fourth-order valence-corrected chi connectivity index (χ4v) is 3.63. The molecule has 0 aliphatic heterocycles. The molecule has 1 fully saturated rings. The average Bonchev–Trinajstić information content (AvgIpc) is 3.03. The number of sulfone groups is 1. The molecule has 1 saturated carbocycles. The lowest BCUT2D eigenvalue weighted by molar-refractivity contribution is -0.119. The first-order valence-electron chi connectivity index (χ1n) is 8.46. The summed E-state index contributed by atoms with van der Waals surface area (Å²) in [6, 6.07) is 13.4. The topological polar surface area (TPSA) is 98.5 Å². The third kappa shape index (κ3) is 4.62. The van der Waals surface area contributed by atoms with E-state index in [0.29, 0.717) is 17.2 Å². The Bertz CT molecular complexity index is 877. The smallest absolute Gasteiger partial charge is 0.227 e. The number of rotatable bonds is 5. The fraction of sp³-hybridized carbons (Fsp3) is 0.316. The van der Waals surface area contributed by atoms with Crippen molar-refractivity contribution in [2.75, 3.05) is 11.6 Å². The third-order valence-electron chi connectivity index (χ3n) is 4.45. The largest absolute Gasteiger partial charge is 0.457 e. The summed E-state index contributed by atoms with van der Waals surface area (Å²) >= 11 is 0. The van der Waals surface area contributed by atoms with Gasteiger partial charge in [0.25, 0.3) is 0 Å². The highest BCUT2D eigenvalue weighted by Crippen LogP contribution is 2.27. The van der Waals surface area contributed by atoms with E-state index in [4.69, 9.17) is 10.5 Å². The van der Waals surface area contributed by atoms with Crippen molar-refractivity contribution in [1.29, 1.82) is 0 Å². The van der Waals surface area contributed by atoms with Crippen LogP contribution in [-0.2, 0) is 14.6 Å². The molecule has 138 valence electrons. The van der Waals surface area contributed by atoms with E-state index in [1.807, 2.05) is 0 Å². The molecule has 0 spiro atoms. The normalized spacial score (nSPS) is 19.9. The summed E-state index contributed by atoms with van der Waals surface area (Å²) in [6.45, 7) is 0. The summed E-state index contributed by atoms with van der Waals surface area (Å²) in [6.07, 6.45) is 3.62. The Morgan fingerprint density at radius 3 is 2.12 bits per heavy atom. The number of carbonyl (C=O) groups is 1. The van der Waals surface area contributed by atoms with Gasteiger partial charge in [0, 0.05) is 23.9 Å². The predicted molar refractivity (Wildman–Crippen MR) is 100 cm³/mol. The molecule has 1 aliphatic carbocycles. The monoisotopic (exact) mass is 374 g/mol. The molecular formula is C19H22N2O4S. The summed E-state index contributed by atoms with van der Waals surface area (Å²) < 4.78 is 28.6. The highest BCUT2D eigenvalue weighted by Gasteiger charge is 2.27. The molecule has 0 aromatic heterocycles. The molecule has 3 rings (SSSR count). The lowest BCUT2D eigenvalue weighted by atomic mass is 10.1.